The van der Waals surface area contributed by atoms with Crippen LogP contribution in [0.3, 0.4) is 0 Å². The van der Waals surface area contributed by atoms with Gasteiger partial charge in [-0.3, -0.25) is 0 Å². The Morgan fingerprint density at radius 2 is 1.62 bits per heavy atom. The summed E-state index contributed by atoms with van der Waals surface area (Å²) in [5, 5.41) is 0. The molecular weight excluding hydrogens is 192 g/mol. The van der Waals surface area contributed by atoms with Crippen LogP contribution in [0, 0.1) is 11.8 Å². The molecule has 83 valence electrons. The van der Waals surface area contributed by atoms with Gasteiger partial charge in [0, 0.05) is 5.92 Å². The minimum absolute atomic E-state index is 0.733. The van der Waals surface area contributed by atoms with Crippen LogP contribution in [-0.2, 0) is 0 Å². The second-order valence-corrected chi connectivity index (χ2v) is 4.50. The zero-order valence-electron chi connectivity index (χ0n) is 9.78. The summed E-state index contributed by atoms with van der Waals surface area (Å²) in [6, 6.07) is 8.74. The van der Waals surface area contributed by atoms with E-state index < -0.39 is 0 Å². The van der Waals surface area contributed by atoms with Crippen molar-refractivity contribution in [3.63, 3.8) is 0 Å². The summed E-state index contributed by atoms with van der Waals surface area (Å²) in [5.74, 6) is 2.34. The zero-order chi connectivity index (χ0) is 11.4. The van der Waals surface area contributed by atoms with E-state index in [-0.39, 0.29) is 0 Å². The van der Waals surface area contributed by atoms with Crippen LogP contribution >= 0.6 is 0 Å². The van der Waals surface area contributed by atoms with Gasteiger partial charge in [-0.05, 0) is 42.7 Å². The van der Waals surface area contributed by atoms with Crippen LogP contribution in [0.25, 0.3) is 6.08 Å². The van der Waals surface area contributed by atoms with Gasteiger partial charge in [0.25, 0.3) is 0 Å². The molecule has 0 amide bonds. The van der Waals surface area contributed by atoms with Gasteiger partial charge in [0.2, 0.25) is 0 Å². The van der Waals surface area contributed by atoms with Crippen LogP contribution in [-0.4, -0.2) is 0 Å². The van der Waals surface area contributed by atoms with Gasteiger partial charge in [-0.1, -0.05) is 43.0 Å². The number of benzene rings is 1. The normalized spacial score (nSPS) is 18.2. The van der Waals surface area contributed by atoms with E-state index in [1.807, 2.05) is 6.08 Å². The fourth-order valence-corrected chi connectivity index (χ4v) is 2.37. The monoisotopic (exact) mass is 211 g/mol. The molecule has 0 N–H and O–H groups in total. The van der Waals surface area contributed by atoms with Gasteiger partial charge in [-0.15, -0.1) is 6.58 Å². The van der Waals surface area contributed by atoms with Crippen LogP contribution in [0.2, 0.25) is 0 Å². The maximum atomic E-state index is 3.88. The molecule has 0 aliphatic heterocycles. The SMILES string of the molecule is C=Cc1ccc([C]2CCC(C=C)CC2)cc1. The van der Waals surface area contributed by atoms with E-state index in [9.17, 15) is 0 Å². The fourth-order valence-electron chi connectivity index (χ4n) is 2.37. The van der Waals surface area contributed by atoms with Gasteiger partial charge < -0.3 is 0 Å². The van der Waals surface area contributed by atoms with E-state index in [1.165, 1.54) is 36.8 Å². The Kier molecular flexibility index (Phi) is 3.61. The highest BCUT2D eigenvalue weighted by Crippen LogP contribution is 2.35. The molecule has 0 heterocycles. The van der Waals surface area contributed by atoms with Crippen molar-refractivity contribution in [2.45, 2.75) is 25.7 Å². The maximum Gasteiger partial charge on any atom is 0.00502 e. The highest BCUT2D eigenvalue weighted by atomic mass is 14.2. The molecule has 1 radical (unpaired) electrons. The molecule has 0 spiro atoms. The second kappa shape index (κ2) is 5.16. The summed E-state index contributed by atoms with van der Waals surface area (Å²) < 4.78 is 0. The molecule has 0 unspecified atom stereocenters. The average Bonchev–Trinajstić information content (AvgIpc) is 2.39. The molecule has 1 aromatic carbocycles. The summed E-state index contributed by atoms with van der Waals surface area (Å²) >= 11 is 0. The molecule has 0 saturated heterocycles. The molecule has 1 aliphatic rings. The van der Waals surface area contributed by atoms with E-state index in [1.54, 1.807) is 5.92 Å². The smallest absolute Gasteiger partial charge is 0.00502 e. The molecule has 1 aromatic rings. The standard InChI is InChI=1S/C16H19/c1-3-13-5-9-15(10-6-13)16-11-7-14(4-2)8-12-16/h3-6,9-10,14H,1-2,7-8,11-12H2. The quantitative estimate of drug-likeness (QED) is 0.639. The second-order valence-electron chi connectivity index (χ2n) is 4.50. The molecule has 1 saturated carbocycles. The van der Waals surface area contributed by atoms with Gasteiger partial charge in [-0.25, -0.2) is 0 Å². The van der Waals surface area contributed by atoms with Crippen LogP contribution in [0.1, 0.15) is 36.8 Å². The number of hydrogen-bond acceptors (Lipinski definition) is 0. The Bertz CT molecular complexity index is 350. The first kappa shape index (κ1) is 11.2. The first-order chi connectivity index (χ1) is 7.83. The number of rotatable bonds is 3. The lowest BCUT2D eigenvalue weighted by atomic mass is 9.79. The first-order valence-corrected chi connectivity index (χ1v) is 6.03. The van der Waals surface area contributed by atoms with Crippen molar-refractivity contribution in [1.82, 2.24) is 0 Å². The Hall–Kier alpha value is -1.30. The van der Waals surface area contributed by atoms with E-state index in [2.05, 4.69) is 43.5 Å². The van der Waals surface area contributed by atoms with Crippen molar-refractivity contribution < 1.29 is 0 Å². The third-order valence-electron chi connectivity index (χ3n) is 3.52. The Morgan fingerprint density at radius 1 is 1.00 bits per heavy atom. The van der Waals surface area contributed by atoms with E-state index in [4.69, 9.17) is 0 Å². The summed E-state index contributed by atoms with van der Waals surface area (Å²) in [6.45, 7) is 7.66. The van der Waals surface area contributed by atoms with E-state index in [0.29, 0.717) is 0 Å². The molecule has 0 bridgehead atoms. The van der Waals surface area contributed by atoms with Gasteiger partial charge >= 0.3 is 0 Å². The van der Waals surface area contributed by atoms with Crippen molar-refractivity contribution in [1.29, 1.82) is 0 Å². The lowest BCUT2D eigenvalue weighted by Crippen LogP contribution is -2.12. The van der Waals surface area contributed by atoms with Gasteiger partial charge in [0.15, 0.2) is 0 Å². The van der Waals surface area contributed by atoms with Crippen molar-refractivity contribution in [2.24, 2.45) is 5.92 Å². The maximum absolute atomic E-state index is 3.88. The van der Waals surface area contributed by atoms with Gasteiger partial charge in [0.1, 0.15) is 0 Å². The topological polar surface area (TPSA) is 0 Å². The lowest BCUT2D eigenvalue weighted by Gasteiger charge is -2.26. The number of allylic oxidation sites excluding steroid dienone is 1. The van der Waals surface area contributed by atoms with E-state index in [0.717, 1.165) is 5.92 Å². The molecular formula is C16H19. The highest BCUT2D eigenvalue weighted by molar-refractivity contribution is 5.48. The van der Waals surface area contributed by atoms with Gasteiger partial charge in [-0.2, -0.15) is 0 Å². The van der Waals surface area contributed by atoms with Crippen LogP contribution in [0.5, 0.6) is 0 Å². The molecule has 1 aliphatic carbocycles. The zero-order valence-corrected chi connectivity index (χ0v) is 9.78. The predicted molar refractivity (Wildman–Crippen MR) is 71.0 cm³/mol. The summed E-state index contributed by atoms with van der Waals surface area (Å²) in [4.78, 5) is 0. The van der Waals surface area contributed by atoms with Crippen molar-refractivity contribution in [3.8, 4) is 0 Å². The van der Waals surface area contributed by atoms with Crippen LogP contribution in [0.4, 0.5) is 0 Å². The Balaban J connectivity index is 2.02. The summed E-state index contributed by atoms with van der Waals surface area (Å²) in [5.41, 5.74) is 2.61. The van der Waals surface area contributed by atoms with E-state index >= 15 is 0 Å². The molecule has 16 heavy (non-hydrogen) atoms. The largest absolute Gasteiger partial charge is 0.103 e. The fraction of sp³-hybridized carbons (Fsp3) is 0.312. The van der Waals surface area contributed by atoms with Gasteiger partial charge in [0.05, 0.1) is 0 Å². The predicted octanol–water partition coefficient (Wildman–Crippen LogP) is 4.63. The van der Waals surface area contributed by atoms with Crippen molar-refractivity contribution >= 4 is 6.08 Å². The minimum Gasteiger partial charge on any atom is -0.103 e. The minimum atomic E-state index is 0.733. The Labute approximate surface area is 98.7 Å². The third kappa shape index (κ3) is 2.44. The first-order valence-electron chi connectivity index (χ1n) is 6.03. The summed E-state index contributed by atoms with van der Waals surface area (Å²) in [7, 11) is 0. The molecule has 0 nitrogen and oxygen atoms in total. The molecule has 0 aromatic heterocycles. The molecule has 1 fully saturated rings. The van der Waals surface area contributed by atoms with Crippen LogP contribution in [0.15, 0.2) is 43.5 Å². The van der Waals surface area contributed by atoms with Crippen LogP contribution < -0.4 is 0 Å². The molecule has 0 heteroatoms. The highest BCUT2D eigenvalue weighted by Gasteiger charge is 2.20. The lowest BCUT2D eigenvalue weighted by molar-refractivity contribution is 0.456. The Morgan fingerprint density at radius 3 is 2.12 bits per heavy atom. The number of hydrogen-bond donors (Lipinski definition) is 0. The molecule has 0 atom stereocenters. The molecule has 2 rings (SSSR count). The van der Waals surface area contributed by atoms with Crippen molar-refractivity contribution in [3.05, 3.63) is 60.5 Å². The average molecular weight is 211 g/mol. The van der Waals surface area contributed by atoms with Crippen molar-refractivity contribution in [2.75, 3.05) is 0 Å². The third-order valence-corrected chi connectivity index (χ3v) is 3.52. The summed E-state index contributed by atoms with van der Waals surface area (Å²) in [6.07, 6.45) is 8.99.